The number of esters is 7. The van der Waals surface area contributed by atoms with Crippen LogP contribution in [0.5, 0.6) is 5.75 Å². The van der Waals surface area contributed by atoms with E-state index >= 15 is 0 Å². The second kappa shape index (κ2) is 70.5. The maximum atomic E-state index is 11.8. The summed E-state index contributed by atoms with van der Waals surface area (Å²) in [7, 11) is 0. The molecule has 1 aliphatic carbocycles. The molecular formula is C97H152O18. The fourth-order valence-electron chi connectivity index (χ4n) is 8.46. The SMILES string of the molecule is CC(=O)C(C)/C=C\C(C)C.CC(C)/C=C\C(C)C(=O)OC1CCCCC1.CC(C)/C=C\C(C)C(=O)OCC(=O)O.CC(C)/C=C\C(C)C(=O)OCc1ccccc1.CC(C)/C=C\C(C)C(=O)OCc1ccco1.CC(C)/C=C\C(C)C(=O)Oc1ccccc1.CCCCOC(=O)C(C)/C=C\C(C)C.CCOC(=O)C(C)/C=C\C(C)C. The number of rotatable bonds is 36. The number of Topliss-reactive ketones (excluding diaryl/α,β-unsaturated/α-hetero) is 1. The first-order valence-corrected chi connectivity index (χ1v) is 41.5. The molecule has 8 unspecified atom stereocenters. The number of carboxylic acid groups (broad SMARTS) is 1. The van der Waals surface area contributed by atoms with E-state index in [1.165, 1.54) is 19.3 Å². The van der Waals surface area contributed by atoms with Crippen molar-refractivity contribution in [2.75, 3.05) is 19.8 Å². The van der Waals surface area contributed by atoms with Gasteiger partial charge >= 0.3 is 47.8 Å². The minimum absolute atomic E-state index is 0.0659. The third-order valence-electron chi connectivity index (χ3n) is 15.8. The second-order valence-electron chi connectivity index (χ2n) is 31.4. The van der Waals surface area contributed by atoms with Crippen LogP contribution in [0.3, 0.4) is 0 Å². The van der Waals surface area contributed by atoms with E-state index in [2.05, 4.69) is 121 Å². The third kappa shape index (κ3) is 71.4. The molecule has 0 spiro atoms. The smallest absolute Gasteiger partial charge is 0.341 e. The maximum absolute atomic E-state index is 11.8. The van der Waals surface area contributed by atoms with Gasteiger partial charge in [0.1, 0.15) is 36.6 Å². The van der Waals surface area contributed by atoms with Crippen LogP contribution < -0.4 is 4.74 Å². The van der Waals surface area contributed by atoms with E-state index in [0.717, 1.165) is 31.2 Å². The molecule has 0 amide bonds. The zero-order chi connectivity index (χ0) is 88.4. The van der Waals surface area contributed by atoms with Crippen LogP contribution in [0.4, 0.5) is 0 Å². The van der Waals surface area contributed by atoms with E-state index in [1.54, 1.807) is 50.5 Å². The first-order chi connectivity index (χ1) is 54.0. The standard InChI is InChI=1S/C15H20O2.C14H24O2.C14H18O2.C13H18O3.C12H22O2.C10H16O4.C10H18O2.C9H16O/c1-12(2)9-10-13(3)15(16)17-11-14-7-5-4-6-8-14;2*1-11(2)9-10-12(3)14(15)16-13-7-5-4-6-8-13;1-10(2)6-7-11(3)13(14)16-9-12-5-4-8-15-12;1-5-6-9-14-12(13)11(4)8-7-10(2)3;1-7(2)4-5-8(3)10(13)14-6-9(11)12;1-5-12-10(11)9(4)7-6-8(2)3;1-7(2)5-6-8(3)9(4)10/h4-10,12-13H,11H2,1-3H3;9-13H,4-8H2,1-3H3;4-12H,1-3H3;4-8,10-11H,9H2,1-3H3;7-8,10-11H,5-6,9H2,1-4H3;4-5,7-8H,6H2,1-3H3,(H,11,12);6-9H,5H2,1-4H3;5-8H,1-4H3/b3*10-9-;7-6-;8-7-;5-4-;7-6-;6-5-. The summed E-state index contributed by atoms with van der Waals surface area (Å²) in [5.41, 5.74) is 1.01. The predicted octanol–water partition coefficient (Wildman–Crippen LogP) is 23.4. The molecular weight excluding hydrogens is 1450 g/mol. The molecule has 1 aliphatic rings. The van der Waals surface area contributed by atoms with Gasteiger partial charge in [0.05, 0.1) is 60.9 Å². The number of aliphatic carboxylic acids is 1. The summed E-state index contributed by atoms with van der Waals surface area (Å²) in [4.78, 5) is 101. The normalized spacial score (nSPS) is 14.3. The zero-order valence-corrected chi connectivity index (χ0v) is 75.4. The molecule has 0 aliphatic heterocycles. The quantitative estimate of drug-likeness (QED) is 0.0187. The van der Waals surface area contributed by atoms with Gasteiger partial charge in [0.2, 0.25) is 0 Å². The second-order valence-corrected chi connectivity index (χ2v) is 31.4. The van der Waals surface area contributed by atoms with Crippen LogP contribution >= 0.6 is 0 Å². The van der Waals surface area contributed by atoms with Crippen LogP contribution in [-0.2, 0) is 84.8 Å². The number of hydrogen-bond donors (Lipinski definition) is 1. The van der Waals surface area contributed by atoms with Crippen molar-refractivity contribution in [1.29, 1.82) is 0 Å². The van der Waals surface area contributed by atoms with Gasteiger partial charge in [-0.1, -0.05) is 283 Å². The fourth-order valence-corrected chi connectivity index (χ4v) is 8.46. The van der Waals surface area contributed by atoms with Crippen LogP contribution in [0, 0.1) is 94.7 Å². The van der Waals surface area contributed by atoms with Crippen LogP contribution in [0.15, 0.2) is 181 Å². The van der Waals surface area contributed by atoms with Crippen molar-refractivity contribution in [3.8, 4) is 5.75 Å². The summed E-state index contributed by atoms with van der Waals surface area (Å²) in [6.07, 6.45) is 40.7. The van der Waals surface area contributed by atoms with Crippen LogP contribution in [0.25, 0.3) is 0 Å². The van der Waals surface area contributed by atoms with Crippen LogP contribution in [-0.4, -0.2) is 84.6 Å². The lowest BCUT2D eigenvalue weighted by atomic mass is 9.97. The Balaban J connectivity index is -0.000000615. The first-order valence-electron chi connectivity index (χ1n) is 41.5. The number of carbonyl (C=O) groups is 9. The maximum Gasteiger partial charge on any atom is 0.341 e. The minimum Gasteiger partial charge on any atom is -0.479 e. The molecule has 18 nitrogen and oxygen atoms in total. The molecule has 4 rings (SSSR count). The van der Waals surface area contributed by atoms with Gasteiger partial charge in [0, 0.05) is 5.92 Å². The topological polar surface area (TPSA) is 252 Å². The molecule has 8 atom stereocenters. The van der Waals surface area contributed by atoms with Crippen molar-refractivity contribution in [2.24, 2.45) is 94.7 Å². The van der Waals surface area contributed by atoms with Crippen molar-refractivity contribution in [3.63, 3.8) is 0 Å². The molecule has 0 radical (unpaired) electrons. The van der Waals surface area contributed by atoms with Gasteiger partial charge in [-0.3, -0.25) is 38.4 Å². The summed E-state index contributed by atoms with van der Waals surface area (Å²) < 4.78 is 40.5. The Morgan fingerprint density at radius 2 is 0.704 bits per heavy atom. The van der Waals surface area contributed by atoms with Crippen molar-refractivity contribution in [1.82, 2.24) is 0 Å². The number of hydrogen-bond acceptors (Lipinski definition) is 17. The Bertz CT molecular complexity index is 3280. The van der Waals surface area contributed by atoms with Gasteiger partial charge in [-0.05, 0) is 172 Å². The molecule has 1 saturated carbocycles. The molecule has 1 N–H and O–H groups in total. The molecule has 1 fully saturated rings. The summed E-state index contributed by atoms with van der Waals surface area (Å²) >= 11 is 0. The molecule has 2 aromatic carbocycles. The Labute approximate surface area is 694 Å². The summed E-state index contributed by atoms with van der Waals surface area (Å²) in [5.74, 6) is 1.37. The van der Waals surface area contributed by atoms with Gasteiger partial charge < -0.3 is 42.7 Å². The highest BCUT2D eigenvalue weighted by molar-refractivity contribution is 5.80. The molecule has 3 aromatic rings. The number of carbonyl (C=O) groups excluding carboxylic acids is 8. The van der Waals surface area contributed by atoms with E-state index in [0.29, 0.717) is 78.7 Å². The molecule has 0 bridgehead atoms. The average Bonchev–Trinajstić information content (AvgIpc) is 1.89. The Morgan fingerprint density at radius 3 is 1.04 bits per heavy atom. The fraction of sp³-hybridized carbons (Fsp3) is 0.577. The lowest BCUT2D eigenvalue weighted by Crippen LogP contribution is -2.24. The van der Waals surface area contributed by atoms with E-state index in [-0.39, 0.29) is 95.7 Å². The Kier molecular flexibility index (Phi) is 68.9. The molecule has 1 heterocycles. The number of furan rings is 1. The number of para-hydroxylation sites is 1. The average molecular weight is 1610 g/mol. The third-order valence-corrected chi connectivity index (χ3v) is 15.8. The van der Waals surface area contributed by atoms with Gasteiger partial charge in [-0.2, -0.15) is 0 Å². The summed E-state index contributed by atoms with van der Waals surface area (Å²) in [6.45, 7) is 54.4. The van der Waals surface area contributed by atoms with Crippen molar-refractivity contribution in [3.05, 3.63) is 188 Å². The minimum atomic E-state index is -1.14. The van der Waals surface area contributed by atoms with Crippen molar-refractivity contribution in [2.45, 2.75) is 251 Å². The monoisotopic (exact) mass is 1610 g/mol. The number of ketones is 1. The van der Waals surface area contributed by atoms with Gasteiger partial charge in [-0.25, -0.2) is 4.79 Å². The van der Waals surface area contributed by atoms with E-state index in [1.807, 2.05) is 197 Å². The zero-order valence-electron chi connectivity index (χ0n) is 75.4. The lowest BCUT2D eigenvalue weighted by molar-refractivity contribution is -0.156. The van der Waals surface area contributed by atoms with Crippen molar-refractivity contribution >= 4 is 53.5 Å². The van der Waals surface area contributed by atoms with Crippen molar-refractivity contribution < 1.29 is 85.8 Å². The number of carboxylic acids is 1. The Morgan fingerprint density at radius 1 is 0.374 bits per heavy atom. The lowest BCUT2D eigenvalue weighted by Gasteiger charge is -2.22. The predicted molar refractivity (Wildman–Crippen MR) is 467 cm³/mol. The van der Waals surface area contributed by atoms with Gasteiger partial charge in [0.15, 0.2) is 6.61 Å². The highest BCUT2D eigenvalue weighted by Crippen LogP contribution is 2.22. The number of allylic oxidation sites excluding steroid dienone is 9. The number of ether oxygens (including phenoxy) is 7. The summed E-state index contributed by atoms with van der Waals surface area (Å²) in [6, 6.07) is 22.4. The van der Waals surface area contributed by atoms with E-state index < -0.39 is 24.5 Å². The van der Waals surface area contributed by atoms with E-state index in [9.17, 15) is 43.2 Å². The van der Waals surface area contributed by atoms with Crippen LogP contribution in [0.2, 0.25) is 0 Å². The number of unbranched alkanes of at least 4 members (excludes halogenated alkanes) is 1. The highest BCUT2D eigenvalue weighted by Gasteiger charge is 2.21. The molecule has 648 valence electrons. The van der Waals surface area contributed by atoms with Gasteiger partial charge in [0.25, 0.3) is 0 Å². The first kappa shape index (κ1) is 112. The molecule has 0 saturated heterocycles. The Hall–Kier alpha value is -8.93. The molecule has 1 aromatic heterocycles. The molecule has 115 heavy (non-hydrogen) atoms. The number of benzene rings is 2. The van der Waals surface area contributed by atoms with Gasteiger partial charge in [-0.15, -0.1) is 0 Å². The largest absolute Gasteiger partial charge is 0.479 e. The van der Waals surface area contributed by atoms with E-state index in [4.69, 9.17) is 37.9 Å². The molecule has 18 heteroatoms. The highest BCUT2D eigenvalue weighted by atomic mass is 16.6. The summed E-state index contributed by atoms with van der Waals surface area (Å²) in [5, 5.41) is 8.27. The van der Waals surface area contributed by atoms with Crippen LogP contribution in [0.1, 0.15) is 243 Å².